The van der Waals surface area contributed by atoms with E-state index in [1.165, 1.54) is 4.31 Å². The van der Waals surface area contributed by atoms with Gasteiger partial charge in [-0.1, -0.05) is 55.5 Å². The van der Waals surface area contributed by atoms with Crippen LogP contribution < -0.4 is 14.4 Å². The number of nitrogens with zero attached hydrogens (tertiary/aromatic N) is 1. The fourth-order valence-corrected chi connectivity index (χ4v) is 4.57. The molecule has 0 aliphatic rings. The maximum Gasteiger partial charge on any atom is 0.244 e. The summed E-state index contributed by atoms with van der Waals surface area (Å²) in [4.78, 5) is 12.7. The average molecular weight is 427 g/mol. The third-order valence-electron chi connectivity index (χ3n) is 4.73. The van der Waals surface area contributed by atoms with E-state index in [-0.39, 0.29) is 19.1 Å². The number of para-hydroxylation sites is 1. The minimum absolute atomic E-state index is 0.272. The number of anilines is 1. The van der Waals surface area contributed by atoms with Gasteiger partial charge in [-0.25, -0.2) is 8.42 Å². The third-order valence-corrected chi connectivity index (χ3v) is 5.91. The van der Waals surface area contributed by atoms with Crippen LogP contribution in [-0.2, 0) is 14.8 Å². The van der Waals surface area contributed by atoms with Gasteiger partial charge in [0.25, 0.3) is 0 Å². The molecule has 0 spiro atoms. The van der Waals surface area contributed by atoms with Crippen LogP contribution in [0.3, 0.4) is 0 Å². The number of hydrogen-bond donors (Lipinski definition) is 1. The standard InChI is InChI=1S/C23H26N2O4S/c1-3-22(25(30(2,27)28)20-11-5-4-6-12-20)23(26)24-15-16-29-21-14-13-18-9-7-8-10-19(18)17-21/h4-14,17,22H,3,15-16H2,1-2H3,(H,24,26)/t22-/m1/s1. The summed E-state index contributed by atoms with van der Waals surface area (Å²) in [5.74, 6) is 0.367. The van der Waals surface area contributed by atoms with Gasteiger partial charge in [-0.3, -0.25) is 9.10 Å². The third kappa shape index (κ3) is 5.30. The molecule has 0 unspecified atom stereocenters. The van der Waals surface area contributed by atoms with Crippen molar-refractivity contribution in [3.63, 3.8) is 0 Å². The van der Waals surface area contributed by atoms with Gasteiger partial charge in [0.05, 0.1) is 18.5 Å². The molecule has 0 heterocycles. The Morgan fingerprint density at radius 3 is 2.33 bits per heavy atom. The summed E-state index contributed by atoms with van der Waals surface area (Å²) < 4.78 is 31.7. The van der Waals surface area contributed by atoms with Crippen LogP contribution in [-0.4, -0.2) is 39.8 Å². The summed E-state index contributed by atoms with van der Waals surface area (Å²) in [6, 6.07) is 21.6. The van der Waals surface area contributed by atoms with Gasteiger partial charge in [-0.15, -0.1) is 0 Å². The van der Waals surface area contributed by atoms with Gasteiger partial charge in [0.2, 0.25) is 15.9 Å². The molecule has 3 aromatic carbocycles. The van der Waals surface area contributed by atoms with Crippen LogP contribution in [0.25, 0.3) is 10.8 Å². The number of fused-ring (bicyclic) bond motifs is 1. The Morgan fingerprint density at radius 2 is 1.67 bits per heavy atom. The summed E-state index contributed by atoms with van der Waals surface area (Å²) in [6.45, 7) is 2.34. The van der Waals surface area contributed by atoms with Crippen molar-refractivity contribution < 1.29 is 17.9 Å². The first-order valence-corrected chi connectivity index (χ1v) is 11.7. The Kier molecular flexibility index (Phi) is 6.95. The number of benzene rings is 3. The first-order chi connectivity index (χ1) is 14.4. The molecular formula is C23H26N2O4S. The van der Waals surface area contributed by atoms with E-state index in [9.17, 15) is 13.2 Å². The van der Waals surface area contributed by atoms with Crippen molar-refractivity contribution in [2.75, 3.05) is 23.7 Å². The lowest BCUT2D eigenvalue weighted by molar-refractivity contribution is -0.122. The molecule has 3 rings (SSSR count). The second-order valence-corrected chi connectivity index (χ2v) is 8.83. The molecule has 3 aromatic rings. The molecule has 158 valence electrons. The predicted octanol–water partition coefficient (Wildman–Crippen LogP) is 3.58. The van der Waals surface area contributed by atoms with Crippen molar-refractivity contribution >= 4 is 32.4 Å². The Labute approximate surface area is 177 Å². The average Bonchev–Trinajstić information content (AvgIpc) is 2.74. The van der Waals surface area contributed by atoms with E-state index in [1.807, 2.05) is 42.5 Å². The smallest absolute Gasteiger partial charge is 0.244 e. The molecule has 0 saturated carbocycles. The maximum absolute atomic E-state index is 12.7. The van der Waals surface area contributed by atoms with Gasteiger partial charge < -0.3 is 10.1 Å². The predicted molar refractivity (Wildman–Crippen MR) is 120 cm³/mol. The summed E-state index contributed by atoms with van der Waals surface area (Å²) in [6.07, 6.45) is 1.46. The first-order valence-electron chi connectivity index (χ1n) is 9.84. The molecule has 0 radical (unpaired) electrons. The van der Waals surface area contributed by atoms with Gasteiger partial charge in [-0.05, 0) is 41.5 Å². The summed E-state index contributed by atoms with van der Waals surface area (Å²) in [5, 5.41) is 5.00. The van der Waals surface area contributed by atoms with E-state index in [0.29, 0.717) is 12.1 Å². The highest BCUT2D eigenvalue weighted by Crippen LogP contribution is 2.22. The number of amides is 1. The summed E-state index contributed by atoms with van der Waals surface area (Å²) >= 11 is 0. The Hall–Kier alpha value is -3.06. The summed E-state index contributed by atoms with van der Waals surface area (Å²) in [5.41, 5.74) is 0.467. The highest BCUT2D eigenvalue weighted by molar-refractivity contribution is 7.92. The van der Waals surface area contributed by atoms with E-state index in [4.69, 9.17) is 4.74 Å². The zero-order valence-corrected chi connectivity index (χ0v) is 17.9. The van der Waals surface area contributed by atoms with Crippen molar-refractivity contribution in [3.05, 3.63) is 72.8 Å². The molecule has 0 saturated heterocycles. The number of ether oxygens (including phenoxy) is 1. The van der Waals surface area contributed by atoms with Crippen molar-refractivity contribution in [2.24, 2.45) is 0 Å². The van der Waals surface area contributed by atoms with Crippen LogP contribution >= 0.6 is 0 Å². The molecule has 0 fully saturated rings. The molecule has 30 heavy (non-hydrogen) atoms. The summed E-state index contributed by atoms with van der Waals surface area (Å²) in [7, 11) is -3.63. The molecular weight excluding hydrogens is 400 g/mol. The van der Waals surface area contributed by atoms with E-state index in [0.717, 1.165) is 22.8 Å². The van der Waals surface area contributed by atoms with Crippen LogP contribution in [0.1, 0.15) is 13.3 Å². The number of nitrogens with one attached hydrogen (secondary N) is 1. The number of rotatable bonds is 9. The van der Waals surface area contributed by atoms with Gasteiger partial charge in [-0.2, -0.15) is 0 Å². The zero-order chi connectivity index (χ0) is 21.6. The molecule has 6 nitrogen and oxygen atoms in total. The van der Waals surface area contributed by atoms with Crippen molar-refractivity contribution in [1.82, 2.24) is 5.32 Å². The molecule has 0 aliphatic carbocycles. The van der Waals surface area contributed by atoms with Crippen LogP contribution in [0.2, 0.25) is 0 Å². The molecule has 0 bridgehead atoms. The topological polar surface area (TPSA) is 75.7 Å². The lowest BCUT2D eigenvalue weighted by atomic mass is 10.1. The highest BCUT2D eigenvalue weighted by Gasteiger charge is 2.31. The van der Waals surface area contributed by atoms with Gasteiger partial charge >= 0.3 is 0 Å². The molecule has 0 aromatic heterocycles. The number of carbonyl (C=O) groups excluding carboxylic acids is 1. The number of carbonyl (C=O) groups is 1. The minimum Gasteiger partial charge on any atom is -0.492 e. The lowest BCUT2D eigenvalue weighted by Gasteiger charge is -2.30. The minimum atomic E-state index is -3.63. The number of hydrogen-bond acceptors (Lipinski definition) is 4. The fourth-order valence-electron chi connectivity index (χ4n) is 3.35. The van der Waals surface area contributed by atoms with Gasteiger partial charge in [0.1, 0.15) is 18.4 Å². The van der Waals surface area contributed by atoms with Crippen LogP contribution in [0.5, 0.6) is 5.75 Å². The Morgan fingerprint density at radius 1 is 1.00 bits per heavy atom. The second-order valence-electron chi connectivity index (χ2n) is 6.97. The highest BCUT2D eigenvalue weighted by atomic mass is 32.2. The van der Waals surface area contributed by atoms with Crippen LogP contribution in [0.15, 0.2) is 72.8 Å². The zero-order valence-electron chi connectivity index (χ0n) is 17.1. The van der Waals surface area contributed by atoms with Gasteiger partial charge in [0, 0.05) is 0 Å². The Balaban J connectivity index is 1.61. The quantitative estimate of drug-likeness (QED) is 0.531. The van der Waals surface area contributed by atoms with Crippen molar-refractivity contribution in [3.8, 4) is 5.75 Å². The Bertz CT molecular complexity index is 1100. The van der Waals surface area contributed by atoms with E-state index < -0.39 is 16.1 Å². The second kappa shape index (κ2) is 9.63. The molecule has 0 aliphatic heterocycles. The van der Waals surface area contributed by atoms with E-state index >= 15 is 0 Å². The fraction of sp³-hybridized carbons (Fsp3) is 0.261. The molecule has 1 amide bonds. The monoisotopic (exact) mass is 426 g/mol. The number of sulfonamides is 1. The van der Waals surface area contributed by atoms with Crippen LogP contribution in [0, 0.1) is 0 Å². The normalized spacial score (nSPS) is 12.3. The molecule has 1 N–H and O–H groups in total. The van der Waals surface area contributed by atoms with Crippen LogP contribution in [0.4, 0.5) is 5.69 Å². The first kappa shape index (κ1) is 21.6. The van der Waals surface area contributed by atoms with Crippen molar-refractivity contribution in [2.45, 2.75) is 19.4 Å². The van der Waals surface area contributed by atoms with Gasteiger partial charge in [0.15, 0.2) is 0 Å². The molecule has 7 heteroatoms. The lowest BCUT2D eigenvalue weighted by Crippen LogP contribution is -2.49. The SMILES string of the molecule is CC[C@H](C(=O)NCCOc1ccc2ccccc2c1)N(c1ccccc1)S(C)(=O)=O. The van der Waals surface area contributed by atoms with Crippen molar-refractivity contribution in [1.29, 1.82) is 0 Å². The van der Waals surface area contributed by atoms with E-state index in [1.54, 1.807) is 37.3 Å². The maximum atomic E-state index is 12.7. The molecule has 1 atom stereocenters. The largest absolute Gasteiger partial charge is 0.492 e. The van der Waals surface area contributed by atoms with E-state index in [2.05, 4.69) is 5.32 Å².